The van der Waals surface area contributed by atoms with E-state index in [1.165, 1.54) is 0 Å². The minimum absolute atomic E-state index is 0.0269. The van der Waals surface area contributed by atoms with Crippen LogP contribution in [0.25, 0.3) is 0 Å². The number of rotatable bonds is 5. The molecule has 1 heterocycles. The molecule has 0 saturated carbocycles. The van der Waals surface area contributed by atoms with Crippen molar-refractivity contribution in [2.24, 2.45) is 11.7 Å². The summed E-state index contributed by atoms with van der Waals surface area (Å²) in [6.45, 7) is 2.88. The smallest absolute Gasteiger partial charge is 0.224 e. The Kier molecular flexibility index (Phi) is 4.19. The second-order valence-electron chi connectivity index (χ2n) is 3.37. The molecule has 1 unspecified atom stereocenters. The van der Waals surface area contributed by atoms with Crippen molar-refractivity contribution in [2.75, 3.05) is 13.1 Å². The second kappa shape index (κ2) is 5.44. The minimum Gasteiger partial charge on any atom is -0.365 e. The monoisotopic (exact) mass is 195 g/mol. The molecule has 0 aliphatic carbocycles. The summed E-state index contributed by atoms with van der Waals surface area (Å²) in [5.41, 5.74) is 6.50. The summed E-state index contributed by atoms with van der Waals surface area (Å²) in [5.74, 6) is -0.0716. The molecule has 1 rings (SSSR count). The van der Waals surface area contributed by atoms with Crippen molar-refractivity contribution in [3.05, 3.63) is 24.0 Å². The molecule has 0 aromatic carbocycles. The molecular formula is C10H17N3O. The molecule has 0 aliphatic heterocycles. The van der Waals surface area contributed by atoms with Crippen LogP contribution in [0.5, 0.6) is 0 Å². The van der Waals surface area contributed by atoms with Crippen molar-refractivity contribution in [3.63, 3.8) is 0 Å². The molecule has 1 atom stereocenters. The molecule has 78 valence electrons. The van der Waals surface area contributed by atoms with E-state index in [9.17, 15) is 4.79 Å². The Balaban J connectivity index is 2.18. The largest absolute Gasteiger partial charge is 0.365 e. The molecule has 4 N–H and O–H groups in total. The molecule has 1 amide bonds. The highest BCUT2D eigenvalue weighted by atomic mass is 16.1. The van der Waals surface area contributed by atoms with Crippen LogP contribution in [0.3, 0.4) is 0 Å². The summed E-state index contributed by atoms with van der Waals surface area (Å²) in [6.07, 6.45) is 2.70. The second-order valence-corrected chi connectivity index (χ2v) is 3.37. The maximum absolute atomic E-state index is 11.3. The molecule has 0 radical (unpaired) electrons. The predicted octanol–water partition coefficient (Wildman–Crippen LogP) is 0.268. The van der Waals surface area contributed by atoms with Gasteiger partial charge in [-0.3, -0.25) is 4.79 Å². The van der Waals surface area contributed by atoms with Crippen LogP contribution < -0.4 is 11.1 Å². The van der Waals surface area contributed by atoms with Gasteiger partial charge >= 0.3 is 0 Å². The van der Waals surface area contributed by atoms with Crippen LogP contribution in [0.2, 0.25) is 0 Å². The minimum atomic E-state index is -0.0985. The van der Waals surface area contributed by atoms with Gasteiger partial charge in [-0.1, -0.05) is 6.92 Å². The van der Waals surface area contributed by atoms with Gasteiger partial charge in [0.2, 0.25) is 5.91 Å². The van der Waals surface area contributed by atoms with E-state index in [4.69, 9.17) is 5.73 Å². The number of nitrogens with two attached hydrogens (primary N) is 1. The van der Waals surface area contributed by atoms with Gasteiger partial charge in [0.15, 0.2) is 0 Å². The molecule has 0 saturated heterocycles. The SMILES string of the molecule is CC(CN)C(=O)NCCc1ccc[nH]1. The summed E-state index contributed by atoms with van der Waals surface area (Å²) in [6, 6.07) is 3.94. The van der Waals surface area contributed by atoms with Crippen LogP contribution in [0.15, 0.2) is 18.3 Å². The third kappa shape index (κ3) is 3.22. The van der Waals surface area contributed by atoms with Crippen LogP contribution in [-0.2, 0) is 11.2 Å². The average molecular weight is 195 g/mol. The van der Waals surface area contributed by atoms with E-state index in [0.29, 0.717) is 13.1 Å². The molecule has 0 bridgehead atoms. The lowest BCUT2D eigenvalue weighted by Gasteiger charge is -2.08. The number of carbonyl (C=O) groups excluding carboxylic acids is 1. The zero-order valence-corrected chi connectivity index (χ0v) is 8.42. The highest BCUT2D eigenvalue weighted by molar-refractivity contribution is 5.78. The molecule has 4 heteroatoms. The van der Waals surface area contributed by atoms with E-state index in [1.54, 1.807) is 0 Å². The highest BCUT2D eigenvalue weighted by Gasteiger charge is 2.09. The van der Waals surface area contributed by atoms with Crippen molar-refractivity contribution < 1.29 is 4.79 Å². The fraction of sp³-hybridized carbons (Fsp3) is 0.500. The molecule has 1 aromatic rings. The van der Waals surface area contributed by atoms with Crippen molar-refractivity contribution in [1.82, 2.24) is 10.3 Å². The van der Waals surface area contributed by atoms with Gasteiger partial charge in [-0.2, -0.15) is 0 Å². The number of aromatic nitrogens is 1. The van der Waals surface area contributed by atoms with E-state index in [0.717, 1.165) is 12.1 Å². The van der Waals surface area contributed by atoms with Crippen LogP contribution in [0, 0.1) is 5.92 Å². The molecule has 0 spiro atoms. The standard InChI is InChI=1S/C10H17N3O/c1-8(7-11)10(14)13-6-4-9-3-2-5-12-9/h2-3,5,8,12H,4,6-7,11H2,1H3,(H,13,14). The Morgan fingerprint density at radius 2 is 2.50 bits per heavy atom. The number of aromatic amines is 1. The lowest BCUT2D eigenvalue weighted by atomic mass is 10.1. The maximum atomic E-state index is 11.3. The van der Waals surface area contributed by atoms with E-state index >= 15 is 0 Å². The Labute approximate surface area is 83.9 Å². The van der Waals surface area contributed by atoms with Crippen molar-refractivity contribution >= 4 is 5.91 Å². The Morgan fingerprint density at radius 1 is 1.71 bits per heavy atom. The van der Waals surface area contributed by atoms with Gasteiger partial charge in [0.1, 0.15) is 0 Å². The molecule has 1 aromatic heterocycles. The number of H-pyrrole nitrogens is 1. The third-order valence-corrected chi connectivity index (χ3v) is 2.16. The molecule has 0 fully saturated rings. The quantitative estimate of drug-likeness (QED) is 0.631. The highest BCUT2D eigenvalue weighted by Crippen LogP contribution is 1.95. The molecule has 0 aliphatic rings. The lowest BCUT2D eigenvalue weighted by molar-refractivity contribution is -0.124. The fourth-order valence-electron chi connectivity index (χ4n) is 1.12. The van der Waals surface area contributed by atoms with Crippen LogP contribution in [0.1, 0.15) is 12.6 Å². The number of amides is 1. The first kappa shape index (κ1) is 10.8. The summed E-state index contributed by atoms with van der Waals surface area (Å²) in [4.78, 5) is 14.4. The number of carbonyl (C=O) groups is 1. The fourth-order valence-corrected chi connectivity index (χ4v) is 1.12. The van der Waals surface area contributed by atoms with Gasteiger partial charge in [0.05, 0.1) is 0 Å². The zero-order chi connectivity index (χ0) is 10.4. The van der Waals surface area contributed by atoms with E-state index in [-0.39, 0.29) is 11.8 Å². The Morgan fingerprint density at radius 3 is 3.07 bits per heavy atom. The Hall–Kier alpha value is -1.29. The van der Waals surface area contributed by atoms with Gasteiger partial charge in [0, 0.05) is 37.3 Å². The first-order valence-corrected chi connectivity index (χ1v) is 4.84. The van der Waals surface area contributed by atoms with Crippen LogP contribution in [0.4, 0.5) is 0 Å². The normalized spacial score (nSPS) is 12.4. The third-order valence-electron chi connectivity index (χ3n) is 2.16. The van der Waals surface area contributed by atoms with Gasteiger partial charge in [-0.15, -0.1) is 0 Å². The topological polar surface area (TPSA) is 70.9 Å². The Bertz CT molecular complexity index is 269. The van der Waals surface area contributed by atoms with Crippen molar-refractivity contribution in [2.45, 2.75) is 13.3 Å². The van der Waals surface area contributed by atoms with E-state index in [1.807, 2.05) is 25.3 Å². The predicted molar refractivity (Wildman–Crippen MR) is 55.7 cm³/mol. The zero-order valence-electron chi connectivity index (χ0n) is 8.42. The van der Waals surface area contributed by atoms with Gasteiger partial charge in [0.25, 0.3) is 0 Å². The van der Waals surface area contributed by atoms with Crippen molar-refractivity contribution in [1.29, 1.82) is 0 Å². The summed E-state index contributed by atoms with van der Waals surface area (Å²) < 4.78 is 0. The number of hydrogen-bond acceptors (Lipinski definition) is 2. The average Bonchev–Trinajstić information content (AvgIpc) is 2.69. The first-order valence-electron chi connectivity index (χ1n) is 4.84. The maximum Gasteiger partial charge on any atom is 0.224 e. The van der Waals surface area contributed by atoms with E-state index < -0.39 is 0 Å². The number of nitrogens with one attached hydrogen (secondary N) is 2. The molecular weight excluding hydrogens is 178 g/mol. The van der Waals surface area contributed by atoms with E-state index in [2.05, 4.69) is 10.3 Å². The van der Waals surface area contributed by atoms with Crippen LogP contribution in [-0.4, -0.2) is 24.0 Å². The first-order chi connectivity index (χ1) is 6.74. The lowest BCUT2D eigenvalue weighted by Crippen LogP contribution is -2.34. The van der Waals surface area contributed by atoms with Crippen LogP contribution >= 0.6 is 0 Å². The molecule has 14 heavy (non-hydrogen) atoms. The van der Waals surface area contributed by atoms with Gasteiger partial charge in [-0.25, -0.2) is 0 Å². The van der Waals surface area contributed by atoms with Crippen molar-refractivity contribution in [3.8, 4) is 0 Å². The van der Waals surface area contributed by atoms with Gasteiger partial charge in [-0.05, 0) is 12.1 Å². The number of hydrogen-bond donors (Lipinski definition) is 3. The van der Waals surface area contributed by atoms with Gasteiger partial charge < -0.3 is 16.0 Å². The summed E-state index contributed by atoms with van der Waals surface area (Å²) in [7, 11) is 0. The molecule has 4 nitrogen and oxygen atoms in total. The summed E-state index contributed by atoms with van der Waals surface area (Å²) >= 11 is 0. The summed E-state index contributed by atoms with van der Waals surface area (Å²) in [5, 5.41) is 2.83.